The fraction of sp³-hybridized carbons (Fsp3) is 0.857. The highest BCUT2D eigenvalue weighted by Gasteiger charge is 2.44. The Kier molecular flexibility index (Phi) is 5.55. The van der Waals surface area contributed by atoms with E-state index in [0.29, 0.717) is 31.8 Å². The third kappa shape index (κ3) is 4.15. The van der Waals surface area contributed by atoms with Gasteiger partial charge >= 0.3 is 0 Å². The monoisotopic (exact) mass is 299 g/mol. The van der Waals surface area contributed by atoms with Crippen molar-refractivity contribution in [3.05, 3.63) is 0 Å². The molecule has 0 radical (unpaired) electrons. The number of hydrogen-bond acceptors (Lipinski definition) is 6. The van der Waals surface area contributed by atoms with Gasteiger partial charge in [0.2, 0.25) is 0 Å². The van der Waals surface area contributed by atoms with E-state index in [1.54, 1.807) is 0 Å². The number of nitrogens with one attached hydrogen (secondary N) is 1. The summed E-state index contributed by atoms with van der Waals surface area (Å²) in [5, 5.41) is 25.3. The predicted molar refractivity (Wildman–Crippen MR) is 77.9 cm³/mol. The second-order valence-corrected chi connectivity index (χ2v) is 5.92. The number of β-amino-alcohol motifs (C(OH)–C–C–N with tert-alkyl or cyclic N) is 1. The molecule has 1 amide bonds. The van der Waals surface area contributed by atoms with Gasteiger partial charge in [-0.3, -0.25) is 9.69 Å². The van der Waals surface area contributed by atoms with Gasteiger partial charge in [0.1, 0.15) is 5.71 Å². The standard InChI is InChI=1S/C14H25N3O4/c1-2-5-15-13(20)12-7-14(21-16-12)4-3-6-17(10-14)8-11(19)9-18/h11,18-19H,2-10H2,1H3,(H,15,20)/t11-,14+/m0/s1. The van der Waals surface area contributed by atoms with Crippen molar-refractivity contribution in [2.45, 2.75) is 44.3 Å². The minimum absolute atomic E-state index is 0.152. The van der Waals surface area contributed by atoms with Crippen molar-refractivity contribution in [1.29, 1.82) is 0 Å². The number of aliphatic hydroxyl groups is 2. The first-order valence-corrected chi connectivity index (χ1v) is 7.63. The fourth-order valence-electron chi connectivity index (χ4n) is 2.90. The molecule has 21 heavy (non-hydrogen) atoms. The number of likely N-dealkylation sites (tertiary alicyclic amines) is 1. The maximum atomic E-state index is 11.9. The molecule has 0 aromatic carbocycles. The SMILES string of the molecule is CCCNC(=O)C1=NO[C@]2(CCCN(C[C@H](O)CO)C2)C1. The van der Waals surface area contributed by atoms with Crippen LogP contribution in [0, 0.1) is 0 Å². The summed E-state index contributed by atoms with van der Waals surface area (Å²) in [6.45, 7) is 4.29. The molecule has 1 fully saturated rings. The van der Waals surface area contributed by atoms with Crippen molar-refractivity contribution in [1.82, 2.24) is 10.2 Å². The van der Waals surface area contributed by atoms with Gasteiger partial charge in [-0.1, -0.05) is 12.1 Å². The van der Waals surface area contributed by atoms with E-state index in [4.69, 9.17) is 9.94 Å². The molecule has 0 saturated carbocycles. The van der Waals surface area contributed by atoms with E-state index in [9.17, 15) is 9.90 Å². The van der Waals surface area contributed by atoms with Crippen LogP contribution in [-0.2, 0) is 9.63 Å². The lowest BCUT2D eigenvalue weighted by molar-refractivity contribution is -0.114. The summed E-state index contributed by atoms with van der Waals surface area (Å²) in [7, 11) is 0. The summed E-state index contributed by atoms with van der Waals surface area (Å²) in [5.74, 6) is -0.152. The molecule has 0 unspecified atom stereocenters. The van der Waals surface area contributed by atoms with E-state index in [1.165, 1.54) is 0 Å². The Labute approximate surface area is 124 Å². The van der Waals surface area contributed by atoms with Crippen LogP contribution in [0.15, 0.2) is 5.16 Å². The van der Waals surface area contributed by atoms with Crippen LogP contribution in [0.3, 0.4) is 0 Å². The topological polar surface area (TPSA) is 94.4 Å². The molecule has 0 bridgehead atoms. The molecule has 7 nitrogen and oxygen atoms in total. The van der Waals surface area contributed by atoms with Crippen molar-refractivity contribution >= 4 is 11.6 Å². The average molecular weight is 299 g/mol. The quantitative estimate of drug-likeness (QED) is 0.613. The van der Waals surface area contributed by atoms with Crippen LogP contribution in [0.25, 0.3) is 0 Å². The van der Waals surface area contributed by atoms with Gasteiger partial charge in [-0.05, 0) is 25.8 Å². The van der Waals surface area contributed by atoms with Crippen LogP contribution in [0.1, 0.15) is 32.6 Å². The number of oxime groups is 1. The zero-order chi connectivity index (χ0) is 15.3. The summed E-state index contributed by atoms with van der Waals surface area (Å²) in [6.07, 6.45) is 2.44. The Bertz CT molecular complexity index is 402. The van der Waals surface area contributed by atoms with Gasteiger partial charge in [-0.25, -0.2) is 0 Å². The normalized spacial score (nSPS) is 27.3. The number of carbonyl (C=O) groups excluding carboxylic acids is 1. The molecule has 2 rings (SSSR count). The molecule has 2 atom stereocenters. The number of hydrogen-bond donors (Lipinski definition) is 3. The fourth-order valence-corrected chi connectivity index (χ4v) is 2.90. The molecule has 1 saturated heterocycles. The lowest BCUT2D eigenvalue weighted by Gasteiger charge is -2.38. The molecule has 2 heterocycles. The van der Waals surface area contributed by atoms with Crippen molar-refractivity contribution in [2.75, 3.05) is 32.8 Å². The Morgan fingerprint density at radius 1 is 1.62 bits per heavy atom. The summed E-state index contributed by atoms with van der Waals surface area (Å²) < 4.78 is 0. The lowest BCUT2D eigenvalue weighted by atomic mass is 9.88. The van der Waals surface area contributed by atoms with Crippen molar-refractivity contribution in [3.63, 3.8) is 0 Å². The van der Waals surface area contributed by atoms with Gasteiger partial charge < -0.3 is 20.4 Å². The molecular weight excluding hydrogens is 274 g/mol. The predicted octanol–water partition coefficient (Wildman–Crippen LogP) is -0.523. The van der Waals surface area contributed by atoms with Crippen molar-refractivity contribution < 1.29 is 19.8 Å². The zero-order valence-electron chi connectivity index (χ0n) is 12.5. The van der Waals surface area contributed by atoms with Crippen LogP contribution >= 0.6 is 0 Å². The number of aliphatic hydroxyl groups excluding tert-OH is 2. The van der Waals surface area contributed by atoms with Gasteiger partial charge in [-0.2, -0.15) is 0 Å². The Balaban J connectivity index is 1.88. The molecule has 7 heteroatoms. The van der Waals surface area contributed by atoms with E-state index in [-0.39, 0.29) is 12.5 Å². The molecule has 2 aliphatic rings. The Morgan fingerprint density at radius 2 is 2.43 bits per heavy atom. The first-order valence-electron chi connectivity index (χ1n) is 7.63. The lowest BCUT2D eigenvalue weighted by Crippen LogP contribution is -2.51. The highest BCUT2D eigenvalue weighted by Crippen LogP contribution is 2.33. The third-order valence-electron chi connectivity index (χ3n) is 3.93. The summed E-state index contributed by atoms with van der Waals surface area (Å²) in [4.78, 5) is 19.6. The van der Waals surface area contributed by atoms with Crippen LogP contribution < -0.4 is 5.32 Å². The van der Waals surface area contributed by atoms with Gasteiger partial charge in [0.15, 0.2) is 5.60 Å². The first kappa shape index (κ1) is 16.2. The van der Waals surface area contributed by atoms with Crippen LogP contribution in [-0.4, -0.2) is 71.2 Å². The molecular formula is C14H25N3O4. The smallest absolute Gasteiger partial charge is 0.269 e. The molecule has 0 aliphatic carbocycles. The number of piperidine rings is 1. The van der Waals surface area contributed by atoms with Crippen LogP contribution in [0.4, 0.5) is 0 Å². The van der Waals surface area contributed by atoms with E-state index < -0.39 is 11.7 Å². The summed E-state index contributed by atoms with van der Waals surface area (Å²) >= 11 is 0. The van der Waals surface area contributed by atoms with E-state index in [2.05, 4.69) is 15.4 Å². The molecule has 3 N–H and O–H groups in total. The van der Waals surface area contributed by atoms with Crippen molar-refractivity contribution in [3.8, 4) is 0 Å². The van der Waals surface area contributed by atoms with Gasteiger partial charge in [0.25, 0.3) is 5.91 Å². The van der Waals surface area contributed by atoms with Crippen LogP contribution in [0.5, 0.6) is 0 Å². The minimum atomic E-state index is -0.741. The molecule has 2 aliphatic heterocycles. The maximum absolute atomic E-state index is 11.9. The summed E-state index contributed by atoms with van der Waals surface area (Å²) in [6, 6.07) is 0. The number of rotatable bonds is 6. The highest BCUT2D eigenvalue weighted by atomic mass is 16.7. The summed E-state index contributed by atoms with van der Waals surface area (Å²) in [5.41, 5.74) is -0.000212. The van der Waals surface area contributed by atoms with E-state index >= 15 is 0 Å². The molecule has 0 aromatic heterocycles. The Hall–Kier alpha value is -1.18. The highest BCUT2D eigenvalue weighted by molar-refractivity contribution is 6.39. The van der Waals surface area contributed by atoms with Gasteiger partial charge in [0, 0.05) is 26.1 Å². The Morgan fingerprint density at radius 3 is 3.14 bits per heavy atom. The van der Waals surface area contributed by atoms with Gasteiger partial charge in [0.05, 0.1) is 12.7 Å². The van der Waals surface area contributed by atoms with E-state index in [0.717, 1.165) is 25.8 Å². The molecule has 120 valence electrons. The first-order chi connectivity index (χ1) is 10.1. The minimum Gasteiger partial charge on any atom is -0.394 e. The van der Waals surface area contributed by atoms with E-state index in [1.807, 2.05) is 6.92 Å². The number of amides is 1. The molecule has 0 aromatic rings. The zero-order valence-corrected chi connectivity index (χ0v) is 12.5. The third-order valence-corrected chi connectivity index (χ3v) is 3.93. The molecule has 1 spiro atoms. The van der Waals surface area contributed by atoms with Gasteiger partial charge in [-0.15, -0.1) is 0 Å². The average Bonchev–Trinajstić information content (AvgIpc) is 2.88. The van der Waals surface area contributed by atoms with Crippen molar-refractivity contribution in [2.24, 2.45) is 5.16 Å². The largest absolute Gasteiger partial charge is 0.394 e. The second kappa shape index (κ2) is 7.20. The second-order valence-electron chi connectivity index (χ2n) is 5.92. The number of carbonyl (C=O) groups is 1. The number of nitrogens with zero attached hydrogens (tertiary/aromatic N) is 2. The maximum Gasteiger partial charge on any atom is 0.269 e. The van der Waals surface area contributed by atoms with Crippen LogP contribution in [0.2, 0.25) is 0 Å².